The number of rotatable bonds is 9. The van der Waals surface area contributed by atoms with Crippen molar-refractivity contribution in [1.82, 2.24) is 25.5 Å². The predicted octanol–water partition coefficient (Wildman–Crippen LogP) is 3.57. The highest BCUT2D eigenvalue weighted by atomic mass is 19.1. The van der Waals surface area contributed by atoms with E-state index < -0.39 is 5.67 Å². The quantitative estimate of drug-likeness (QED) is 0.534. The average molecular weight is 474 g/mol. The molecule has 34 heavy (non-hydrogen) atoms. The molecule has 1 saturated heterocycles. The normalized spacial score (nSPS) is 25.2. The summed E-state index contributed by atoms with van der Waals surface area (Å²) >= 11 is 0. The van der Waals surface area contributed by atoms with Crippen molar-refractivity contribution in [3.05, 3.63) is 59.7 Å². The van der Waals surface area contributed by atoms with Gasteiger partial charge in [-0.05, 0) is 65.3 Å². The second-order valence-corrected chi connectivity index (χ2v) is 9.58. The van der Waals surface area contributed by atoms with Crippen LogP contribution in [0.15, 0.2) is 59.7 Å². The molecule has 188 valence electrons. The molecule has 1 amide bonds. The van der Waals surface area contributed by atoms with Gasteiger partial charge >= 0.3 is 0 Å². The molecule has 8 heteroatoms. The molecule has 0 aromatic heterocycles. The molecule has 0 radical (unpaired) electrons. The fraction of sp³-hybridized carbons (Fsp3) is 0.577. The minimum atomic E-state index is -1.33. The number of halogens is 1. The van der Waals surface area contributed by atoms with Crippen molar-refractivity contribution in [1.29, 1.82) is 0 Å². The number of likely N-dealkylation sites (tertiary alicyclic amines) is 1. The first-order valence-corrected chi connectivity index (χ1v) is 12.3. The summed E-state index contributed by atoms with van der Waals surface area (Å²) in [7, 11) is 1.90. The monoisotopic (exact) mass is 473 g/mol. The van der Waals surface area contributed by atoms with Crippen LogP contribution in [0.4, 0.5) is 4.39 Å². The summed E-state index contributed by atoms with van der Waals surface area (Å²) in [4.78, 5) is 22.9. The first kappa shape index (κ1) is 26.0. The zero-order valence-corrected chi connectivity index (χ0v) is 21.2. The number of amides is 1. The van der Waals surface area contributed by atoms with Gasteiger partial charge in [-0.1, -0.05) is 19.6 Å². The molecule has 3 aliphatic heterocycles. The number of carbonyl (C=O) groups excluding carboxylic acids is 1. The second-order valence-electron chi connectivity index (χ2n) is 9.58. The third-order valence-electron chi connectivity index (χ3n) is 6.13. The summed E-state index contributed by atoms with van der Waals surface area (Å²) in [5.41, 5.74) is 1.18. The van der Waals surface area contributed by atoms with Gasteiger partial charge in [0.1, 0.15) is 17.7 Å². The van der Waals surface area contributed by atoms with Gasteiger partial charge in [-0.3, -0.25) is 14.9 Å². The summed E-state index contributed by atoms with van der Waals surface area (Å²) in [5.74, 6) is 0.802. The number of nitrogens with zero attached hydrogens (tertiary/aromatic N) is 3. The lowest BCUT2D eigenvalue weighted by Crippen LogP contribution is -2.48. The minimum Gasteiger partial charge on any atom is -0.367 e. The van der Waals surface area contributed by atoms with Gasteiger partial charge < -0.3 is 15.1 Å². The van der Waals surface area contributed by atoms with Gasteiger partial charge in [0.2, 0.25) is 0 Å². The molecule has 7 nitrogen and oxygen atoms in total. The number of piperidine rings is 1. The number of likely N-dealkylation sites (N-methyl/N-ethyl adjacent to an activating group) is 1. The lowest BCUT2D eigenvalue weighted by atomic mass is 9.95. The number of carbonyl (C=O) groups is 1. The molecular weight excluding hydrogens is 433 g/mol. The molecule has 3 rings (SSSR count). The highest BCUT2D eigenvalue weighted by Crippen LogP contribution is 2.28. The van der Waals surface area contributed by atoms with E-state index in [2.05, 4.69) is 35.1 Å². The molecule has 3 aliphatic rings. The standard InChI is InChI=1S/C26H40FN5O2/c1-7-12-31(22-10-14-32(34-19(3)4)23(16-22)28-6)24-20(8-2)15-21(17-29-24)25(33)30-13-9-11-26(5,27)18-30/h8,10,14-16,19,23,28-29H,2,7,9,11-13,17-18H2,1,3-6H3. The van der Waals surface area contributed by atoms with Crippen LogP contribution in [0.3, 0.4) is 0 Å². The summed E-state index contributed by atoms with van der Waals surface area (Å²) in [6.45, 7) is 13.6. The third-order valence-corrected chi connectivity index (χ3v) is 6.13. The highest BCUT2D eigenvalue weighted by molar-refractivity contribution is 5.95. The number of allylic oxidation sites excluding steroid dienone is 4. The van der Waals surface area contributed by atoms with E-state index in [1.54, 1.807) is 17.9 Å². The summed E-state index contributed by atoms with van der Waals surface area (Å²) in [6, 6.07) is 0. The predicted molar refractivity (Wildman–Crippen MR) is 134 cm³/mol. The fourth-order valence-electron chi connectivity index (χ4n) is 4.56. The van der Waals surface area contributed by atoms with Gasteiger partial charge in [-0.25, -0.2) is 9.45 Å². The van der Waals surface area contributed by atoms with Crippen LogP contribution in [0.5, 0.6) is 0 Å². The zero-order chi connectivity index (χ0) is 24.9. The van der Waals surface area contributed by atoms with Crippen molar-refractivity contribution in [3.8, 4) is 0 Å². The van der Waals surface area contributed by atoms with Gasteiger partial charge in [-0.15, -0.1) is 0 Å². The first-order valence-electron chi connectivity index (χ1n) is 12.3. The summed E-state index contributed by atoms with van der Waals surface area (Å²) in [5, 5.41) is 8.54. The molecule has 1 fully saturated rings. The second kappa shape index (κ2) is 11.2. The van der Waals surface area contributed by atoms with Gasteiger partial charge in [0.05, 0.1) is 12.6 Å². The van der Waals surface area contributed by atoms with Crippen molar-refractivity contribution in [2.45, 2.75) is 64.9 Å². The molecule has 2 atom stereocenters. The lowest BCUT2D eigenvalue weighted by Gasteiger charge is -2.38. The largest absolute Gasteiger partial charge is 0.367 e. The van der Waals surface area contributed by atoms with Gasteiger partial charge in [0, 0.05) is 42.7 Å². The Balaban J connectivity index is 1.87. The fourth-order valence-corrected chi connectivity index (χ4v) is 4.56. The van der Waals surface area contributed by atoms with Crippen molar-refractivity contribution in [2.75, 3.05) is 33.2 Å². The SMILES string of the molecule is C=CC1=C(N(CCC)C2=CC(NC)N(OC(C)C)C=C2)NCC(C(=O)N2CCCC(C)(F)C2)=C1. The zero-order valence-electron chi connectivity index (χ0n) is 21.2. The molecule has 0 bridgehead atoms. The average Bonchev–Trinajstić information content (AvgIpc) is 2.81. The Morgan fingerprint density at radius 1 is 1.50 bits per heavy atom. The van der Waals surface area contributed by atoms with E-state index in [0.29, 0.717) is 31.5 Å². The number of hydroxylamine groups is 2. The van der Waals surface area contributed by atoms with Gasteiger partial charge in [-0.2, -0.15) is 0 Å². The van der Waals surface area contributed by atoms with E-state index in [0.717, 1.165) is 30.1 Å². The maximum absolute atomic E-state index is 14.5. The highest BCUT2D eigenvalue weighted by Gasteiger charge is 2.34. The number of alkyl halides is 1. The van der Waals surface area contributed by atoms with Crippen LogP contribution >= 0.6 is 0 Å². The van der Waals surface area contributed by atoms with E-state index in [9.17, 15) is 9.18 Å². The van der Waals surface area contributed by atoms with Crippen LogP contribution in [-0.2, 0) is 9.63 Å². The van der Waals surface area contributed by atoms with Gasteiger partial charge in [0.25, 0.3) is 5.91 Å². The van der Waals surface area contributed by atoms with Gasteiger partial charge in [0.15, 0.2) is 0 Å². The lowest BCUT2D eigenvalue weighted by molar-refractivity contribution is -0.174. The summed E-state index contributed by atoms with van der Waals surface area (Å²) < 4.78 is 14.5. The van der Waals surface area contributed by atoms with E-state index in [1.165, 1.54) is 0 Å². The molecular formula is C26H40FN5O2. The van der Waals surface area contributed by atoms with Crippen LogP contribution in [0.1, 0.15) is 47.0 Å². The number of hydrogen-bond acceptors (Lipinski definition) is 6. The van der Waals surface area contributed by atoms with Crippen LogP contribution in [0, 0.1) is 0 Å². The number of dihydropyridines is 1. The minimum absolute atomic E-state index is 0.0635. The van der Waals surface area contributed by atoms with E-state index in [-0.39, 0.29) is 24.7 Å². The smallest absolute Gasteiger partial charge is 0.251 e. The van der Waals surface area contributed by atoms with Crippen molar-refractivity contribution in [2.24, 2.45) is 0 Å². The Labute approximate surface area is 203 Å². The molecule has 2 unspecified atom stereocenters. The molecule has 2 N–H and O–H groups in total. The molecule has 3 heterocycles. The molecule has 0 saturated carbocycles. The third kappa shape index (κ3) is 6.10. The topological polar surface area (TPSA) is 60.1 Å². The Morgan fingerprint density at radius 2 is 2.26 bits per heavy atom. The van der Waals surface area contributed by atoms with E-state index >= 15 is 0 Å². The maximum Gasteiger partial charge on any atom is 0.251 e. The molecule has 0 aliphatic carbocycles. The molecule has 0 aromatic carbocycles. The van der Waals surface area contributed by atoms with Crippen molar-refractivity contribution >= 4 is 5.91 Å². The Hall–Kier alpha value is -2.58. The van der Waals surface area contributed by atoms with Crippen LogP contribution in [-0.4, -0.2) is 71.9 Å². The van der Waals surface area contributed by atoms with Crippen molar-refractivity contribution < 1.29 is 14.0 Å². The molecule has 0 aromatic rings. The maximum atomic E-state index is 14.5. The Kier molecular flexibility index (Phi) is 8.60. The number of hydrogen-bond donors (Lipinski definition) is 2. The van der Waals surface area contributed by atoms with Crippen LogP contribution in [0.25, 0.3) is 0 Å². The number of nitrogens with one attached hydrogen (secondary N) is 2. The first-order chi connectivity index (χ1) is 16.2. The Bertz CT molecular complexity index is 890. The van der Waals surface area contributed by atoms with Crippen molar-refractivity contribution in [3.63, 3.8) is 0 Å². The van der Waals surface area contributed by atoms with E-state index in [4.69, 9.17) is 4.84 Å². The van der Waals surface area contributed by atoms with Crippen LogP contribution < -0.4 is 10.6 Å². The Morgan fingerprint density at radius 3 is 2.88 bits per heavy atom. The summed E-state index contributed by atoms with van der Waals surface area (Å²) in [6.07, 6.45) is 11.8. The van der Waals surface area contributed by atoms with Crippen LogP contribution in [0.2, 0.25) is 0 Å². The molecule has 0 spiro atoms. The van der Waals surface area contributed by atoms with E-state index in [1.807, 2.05) is 44.3 Å².